The Hall–Kier alpha value is -1.76. The third-order valence-electron chi connectivity index (χ3n) is 7.43. The molecular weight excluding hydrogens is 936 g/mol. The minimum atomic E-state index is -3.94. The molecule has 43 heavy (non-hydrogen) atoms. The van der Waals surface area contributed by atoms with Gasteiger partial charge in [0.2, 0.25) is 0 Å². The van der Waals surface area contributed by atoms with Crippen molar-refractivity contribution in [3.8, 4) is 0 Å². The van der Waals surface area contributed by atoms with E-state index in [1.54, 1.807) is 0 Å². The van der Waals surface area contributed by atoms with Gasteiger partial charge in [0.1, 0.15) is 0 Å². The van der Waals surface area contributed by atoms with Crippen LogP contribution >= 0.6 is 60.4 Å². The van der Waals surface area contributed by atoms with Gasteiger partial charge in [0.15, 0.2) is 0 Å². The molecule has 0 amide bonds. The second kappa shape index (κ2) is 13.7. The first-order valence-corrected chi connectivity index (χ1v) is 21.0. The largest absolute Gasteiger partial charge is 0 e. The summed E-state index contributed by atoms with van der Waals surface area (Å²) in [6, 6.07) is 59.9. The predicted molar refractivity (Wildman–Crippen MR) is 196 cm³/mol. The van der Waals surface area contributed by atoms with Crippen molar-refractivity contribution in [1.82, 2.24) is 0 Å². The van der Waals surface area contributed by atoms with Gasteiger partial charge >= 0.3 is 275 Å². The molecule has 0 aliphatic rings. The summed E-state index contributed by atoms with van der Waals surface area (Å²) in [4.78, 5) is 0. The van der Waals surface area contributed by atoms with Crippen LogP contribution in [0, 0.1) is 0 Å². The molecule has 6 aromatic carbocycles. The molecule has 6 rings (SSSR count). The smallest absolute Gasteiger partial charge is 0 e. The van der Waals surface area contributed by atoms with Crippen LogP contribution in [0.25, 0.3) is 0 Å². The topological polar surface area (TPSA) is 9.23 Å². The summed E-state index contributed by atoms with van der Waals surface area (Å²) in [5, 5.41) is 6.66. The van der Waals surface area contributed by atoms with E-state index in [9.17, 15) is 0 Å². The predicted octanol–water partition coefficient (Wildman–Crippen LogP) is 9.19. The van der Waals surface area contributed by atoms with Crippen molar-refractivity contribution in [2.24, 2.45) is 0 Å². The molecule has 0 aliphatic heterocycles. The van der Waals surface area contributed by atoms with E-state index in [1.165, 1.54) is 0 Å². The van der Waals surface area contributed by atoms with Crippen LogP contribution < -0.4 is 31.8 Å². The number of hydrogen-bond donors (Lipinski definition) is 0. The molecule has 1 nitrogen and oxygen atoms in total. The molecule has 1 radical (unpaired) electrons. The van der Waals surface area contributed by atoms with Crippen LogP contribution in [-0.2, 0) is 24.7 Å². The van der Waals surface area contributed by atoms with Gasteiger partial charge in [-0.05, 0) is 0 Å². The minimum absolute atomic E-state index is 0. The molecule has 215 valence electrons. The molecule has 0 spiro atoms. The Kier molecular flexibility index (Phi) is 10.4. The molecule has 0 N–H and O–H groups in total. The van der Waals surface area contributed by atoms with Gasteiger partial charge in [0.05, 0.1) is 0 Å². The molecule has 0 saturated heterocycles. The van der Waals surface area contributed by atoms with E-state index in [4.69, 9.17) is 4.31 Å². The molecule has 0 atom stereocenters. The summed E-state index contributed by atoms with van der Waals surface area (Å²) in [6.45, 7) is 0. The summed E-state index contributed by atoms with van der Waals surface area (Å²) in [7, 11) is -2.80. The quantitative estimate of drug-likeness (QED) is 0.139. The Labute approximate surface area is 293 Å². The SMILES string of the molecule is Brc1cccc(P(Br)(O[P+](c2ccccc2)(c2ccccc2)c2ccccc2)(c2ccccc2)c2ccccc2)c1Br.[Re]. The first-order chi connectivity index (χ1) is 20.5. The number of hydrogen-bond acceptors (Lipinski definition) is 1. The van der Waals surface area contributed by atoms with Gasteiger partial charge in [-0.3, -0.25) is 0 Å². The molecule has 0 aromatic heterocycles. The van der Waals surface area contributed by atoms with E-state index < -0.39 is 13.0 Å². The summed E-state index contributed by atoms with van der Waals surface area (Å²) >= 11 is 12.5. The third-order valence-corrected chi connectivity index (χ3v) is 23.5. The normalized spacial score (nSPS) is 12.5. The van der Waals surface area contributed by atoms with Gasteiger partial charge in [-0.2, -0.15) is 0 Å². The molecule has 6 aromatic rings. The minimum Gasteiger partial charge on any atom is 0 e. The molecule has 0 saturated carbocycles. The first kappa shape index (κ1) is 32.6. The van der Waals surface area contributed by atoms with E-state index in [0.717, 1.165) is 40.8 Å². The Bertz CT molecular complexity index is 1660. The maximum Gasteiger partial charge on any atom is 0 e. The van der Waals surface area contributed by atoms with Crippen molar-refractivity contribution in [2.45, 2.75) is 0 Å². The Morgan fingerprint density at radius 2 is 0.791 bits per heavy atom. The second-order valence-corrected chi connectivity index (χ2v) is 22.4. The van der Waals surface area contributed by atoms with E-state index >= 15 is 0 Å². The van der Waals surface area contributed by atoms with Crippen LogP contribution in [0.5, 0.6) is 0 Å². The number of halogens is 3. The van der Waals surface area contributed by atoms with Crippen LogP contribution in [0.1, 0.15) is 0 Å². The van der Waals surface area contributed by atoms with Crippen LogP contribution in [0.4, 0.5) is 0 Å². The standard InChI is InChI=1S/C36H28Br3OP2.Re/c37-34-27-16-28-35(36(34)38)42(39,32-23-12-4-13-24-32,33-25-14-5-15-26-33)40-41(29-17-6-1-7-18-29,30-19-8-2-9-20-30)31-21-10-3-11-22-31;/h1-28H;/q+1;. The Balaban J connectivity index is 0.00000368. The fourth-order valence-corrected chi connectivity index (χ4v) is 21.9. The average molecular weight is 964 g/mol. The average Bonchev–Trinajstić information content (AvgIpc) is 3.07. The molecule has 0 aliphatic carbocycles. The van der Waals surface area contributed by atoms with Gasteiger partial charge in [0, 0.05) is 20.4 Å². The van der Waals surface area contributed by atoms with Crippen LogP contribution in [0.15, 0.2) is 179 Å². The Morgan fingerprint density at radius 3 is 1.16 bits per heavy atom. The van der Waals surface area contributed by atoms with Crippen LogP contribution in [-0.4, -0.2) is 0 Å². The Morgan fingerprint density at radius 1 is 0.442 bits per heavy atom. The zero-order valence-corrected chi connectivity index (χ0v) is 32.2. The fraction of sp³-hybridized carbons (Fsp3) is 0. The van der Waals surface area contributed by atoms with Crippen molar-refractivity contribution in [3.05, 3.63) is 179 Å². The first-order valence-electron chi connectivity index (χ1n) is 13.6. The molecule has 0 bridgehead atoms. The van der Waals surface area contributed by atoms with Gasteiger partial charge in [0.25, 0.3) is 0 Å². The van der Waals surface area contributed by atoms with E-state index in [0.29, 0.717) is 0 Å². The fourth-order valence-electron chi connectivity index (χ4n) is 5.49. The van der Waals surface area contributed by atoms with Crippen LogP contribution in [0.2, 0.25) is 0 Å². The summed E-state index contributed by atoms with van der Waals surface area (Å²) in [6.07, 6.45) is 0. The van der Waals surface area contributed by atoms with E-state index in [1.807, 2.05) is 0 Å². The van der Waals surface area contributed by atoms with E-state index in [2.05, 4.69) is 217 Å². The van der Waals surface area contributed by atoms with Crippen LogP contribution in [0.3, 0.4) is 0 Å². The third kappa shape index (κ3) is 5.74. The zero-order chi connectivity index (χ0) is 29.1. The van der Waals surface area contributed by atoms with Gasteiger partial charge in [-0.15, -0.1) is 0 Å². The van der Waals surface area contributed by atoms with Crippen molar-refractivity contribution in [1.29, 1.82) is 0 Å². The number of rotatable bonds is 8. The van der Waals surface area contributed by atoms with Gasteiger partial charge in [-0.1, -0.05) is 0 Å². The second-order valence-electron chi connectivity index (χ2n) is 9.87. The molecule has 0 heterocycles. The molecule has 0 fully saturated rings. The van der Waals surface area contributed by atoms with Gasteiger partial charge < -0.3 is 0 Å². The monoisotopic (exact) mass is 962 g/mol. The van der Waals surface area contributed by atoms with Crippen molar-refractivity contribution in [3.63, 3.8) is 0 Å². The van der Waals surface area contributed by atoms with Crippen molar-refractivity contribution < 1.29 is 24.7 Å². The van der Waals surface area contributed by atoms with E-state index in [-0.39, 0.29) is 20.4 Å². The summed E-state index contributed by atoms with van der Waals surface area (Å²) in [5.41, 5.74) is -3.94. The molecule has 7 heteroatoms. The van der Waals surface area contributed by atoms with Gasteiger partial charge in [-0.25, -0.2) is 0 Å². The summed E-state index contributed by atoms with van der Waals surface area (Å²) in [5.74, 6) is 0. The number of benzene rings is 6. The van der Waals surface area contributed by atoms with Crippen molar-refractivity contribution in [2.75, 3.05) is 0 Å². The maximum atomic E-state index is 8.37. The van der Waals surface area contributed by atoms with Crippen molar-refractivity contribution >= 4 is 92.2 Å². The molecule has 0 unspecified atom stereocenters. The molecular formula is C36H28Br3OP2Re+. The zero-order valence-electron chi connectivity index (χ0n) is 23.0. The summed E-state index contributed by atoms with van der Waals surface area (Å²) < 4.78 is 10.3. The maximum absolute atomic E-state index is 8.37.